The van der Waals surface area contributed by atoms with Crippen LogP contribution in [0.5, 0.6) is 0 Å². The average molecular weight is 440 g/mol. The first-order valence-corrected chi connectivity index (χ1v) is 7.80. The molecule has 0 aromatic heterocycles. The first kappa shape index (κ1) is 15.2. The van der Waals surface area contributed by atoms with Crippen molar-refractivity contribution in [2.45, 2.75) is 12.0 Å². The van der Waals surface area contributed by atoms with Gasteiger partial charge in [-0.25, -0.2) is 0 Å². The Bertz CT molecular complexity index is 475. The topological polar surface area (TPSA) is 47.6 Å². The zero-order valence-corrected chi connectivity index (χ0v) is 14.3. The Morgan fingerprint density at radius 1 is 1.63 bits per heavy atom. The summed E-state index contributed by atoms with van der Waals surface area (Å²) in [6, 6.07) is 5.64. The highest BCUT2D eigenvalue weighted by Crippen LogP contribution is 2.22. The molecule has 1 amide bonds. The van der Waals surface area contributed by atoms with Gasteiger partial charge in [0.2, 0.25) is 0 Å². The second-order valence-corrected chi connectivity index (χ2v) is 6.57. The lowest BCUT2D eigenvalue weighted by Crippen LogP contribution is -2.45. The molecule has 1 heterocycles. The van der Waals surface area contributed by atoms with E-state index < -0.39 is 0 Å². The van der Waals surface area contributed by atoms with E-state index in [1.54, 1.807) is 7.11 Å². The third-order valence-corrected chi connectivity index (χ3v) is 4.68. The van der Waals surface area contributed by atoms with Gasteiger partial charge in [0.05, 0.1) is 12.2 Å². The Balaban J connectivity index is 2.03. The van der Waals surface area contributed by atoms with Gasteiger partial charge >= 0.3 is 0 Å². The minimum absolute atomic E-state index is 0.0889. The lowest BCUT2D eigenvalue weighted by molar-refractivity contribution is -0.0148. The van der Waals surface area contributed by atoms with Gasteiger partial charge in [-0.15, -0.1) is 0 Å². The third kappa shape index (κ3) is 3.68. The number of methoxy groups -OCH3 is 1. The van der Waals surface area contributed by atoms with Gasteiger partial charge in [0.1, 0.15) is 5.60 Å². The Morgan fingerprint density at radius 3 is 3.05 bits per heavy atom. The van der Waals surface area contributed by atoms with Crippen molar-refractivity contribution in [1.29, 1.82) is 0 Å². The Labute approximate surface area is 134 Å². The number of rotatable bonds is 4. The summed E-state index contributed by atoms with van der Waals surface area (Å²) in [6.45, 7) is 1.67. The molecular weight excluding hydrogens is 425 g/mol. The molecule has 1 fully saturated rings. The number of halogens is 2. The summed E-state index contributed by atoms with van der Waals surface area (Å²) in [5, 5.41) is 2.93. The number of benzene rings is 1. The molecule has 1 aliphatic rings. The fraction of sp³-hybridized carbons (Fsp3) is 0.462. The Morgan fingerprint density at radius 2 is 2.42 bits per heavy atom. The minimum atomic E-state index is -0.382. The van der Waals surface area contributed by atoms with Crippen LogP contribution in [0.15, 0.2) is 22.7 Å². The van der Waals surface area contributed by atoms with Crippen molar-refractivity contribution in [2.24, 2.45) is 0 Å². The van der Waals surface area contributed by atoms with E-state index in [1.807, 2.05) is 18.2 Å². The normalized spacial score (nSPS) is 22.5. The molecule has 4 nitrogen and oxygen atoms in total. The summed E-state index contributed by atoms with van der Waals surface area (Å²) >= 11 is 5.53. The van der Waals surface area contributed by atoms with Crippen molar-refractivity contribution >= 4 is 44.4 Å². The molecule has 0 saturated carbocycles. The number of carbonyl (C=O) groups is 1. The molecule has 1 aromatic carbocycles. The van der Waals surface area contributed by atoms with Crippen LogP contribution in [0, 0.1) is 3.57 Å². The maximum absolute atomic E-state index is 12.2. The highest BCUT2D eigenvalue weighted by molar-refractivity contribution is 14.1. The highest BCUT2D eigenvalue weighted by Gasteiger charge is 2.35. The standard InChI is InChI=1S/C13H15BrINO3/c1-18-13(4-5-19-8-13)7-16-12(17)10-6-9(14)2-3-11(10)15/h2-3,6H,4-5,7-8H2,1H3,(H,16,17). The van der Waals surface area contributed by atoms with Gasteiger partial charge in [-0.1, -0.05) is 15.9 Å². The minimum Gasteiger partial charge on any atom is -0.378 e. The molecule has 0 bridgehead atoms. The van der Waals surface area contributed by atoms with Crippen LogP contribution < -0.4 is 5.32 Å². The fourth-order valence-corrected chi connectivity index (χ4v) is 2.91. The number of amides is 1. The molecule has 2 rings (SSSR count). The maximum atomic E-state index is 12.2. The molecule has 1 unspecified atom stereocenters. The van der Waals surface area contributed by atoms with Crippen molar-refractivity contribution in [3.8, 4) is 0 Å². The van der Waals surface area contributed by atoms with Crippen LogP contribution in [0.25, 0.3) is 0 Å². The largest absolute Gasteiger partial charge is 0.378 e. The Kier molecular flexibility index (Phi) is 5.22. The summed E-state index contributed by atoms with van der Waals surface area (Å²) < 4.78 is 12.7. The molecule has 19 heavy (non-hydrogen) atoms. The van der Waals surface area contributed by atoms with E-state index in [-0.39, 0.29) is 11.5 Å². The van der Waals surface area contributed by atoms with Crippen molar-refractivity contribution in [3.05, 3.63) is 31.8 Å². The van der Waals surface area contributed by atoms with Crippen molar-refractivity contribution < 1.29 is 14.3 Å². The van der Waals surface area contributed by atoms with Gasteiger partial charge < -0.3 is 14.8 Å². The number of nitrogens with one attached hydrogen (secondary N) is 1. The van der Waals surface area contributed by atoms with Crippen molar-refractivity contribution in [1.82, 2.24) is 5.32 Å². The van der Waals surface area contributed by atoms with Gasteiger partial charge in [-0.3, -0.25) is 4.79 Å². The number of ether oxygens (including phenoxy) is 2. The second-order valence-electron chi connectivity index (χ2n) is 4.50. The van der Waals surface area contributed by atoms with E-state index in [0.29, 0.717) is 25.3 Å². The monoisotopic (exact) mass is 439 g/mol. The molecule has 1 aromatic rings. The van der Waals surface area contributed by atoms with Gasteiger partial charge in [0.25, 0.3) is 5.91 Å². The average Bonchev–Trinajstić information content (AvgIpc) is 2.88. The fourth-order valence-electron chi connectivity index (χ4n) is 1.97. The smallest absolute Gasteiger partial charge is 0.252 e. The third-order valence-electron chi connectivity index (χ3n) is 3.24. The van der Waals surface area contributed by atoms with Crippen LogP contribution in [0.1, 0.15) is 16.8 Å². The zero-order valence-electron chi connectivity index (χ0n) is 10.5. The summed E-state index contributed by atoms with van der Waals surface area (Å²) in [5.41, 5.74) is 0.285. The molecule has 104 valence electrons. The summed E-state index contributed by atoms with van der Waals surface area (Å²) in [6.07, 6.45) is 0.805. The molecule has 1 saturated heterocycles. The highest BCUT2D eigenvalue weighted by atomic mass is 127. The molecule has 1 atom stereocenters. The van der Waals surface area contributed by atoms with Gasteiger partial charge in [0, 0.05) is 34.7 Å². The first-order valence-electron chi connectivity index (χ1n) is 5.92. The van der Waals surface area contributed by atoms with Crippen molar-refractivity contribution in [2.75, 3.05) is 26.9 Å². The van der Waals surface area contributed by atoms with E-state index in [1.165, 1.54) is 0 Å². The van der Waals surface area contributed by atoms with E-state index in [9.17, 15) is 4.79 Å². The van der Waals surface area contributed by atoms with E-state index >= 15 is 0 Å². The van der Waals surface area contributed by atoms with Gasteiger partial charge in [-0.05, 0) is 40.8 Å². The molecule has 0 spiro atoms. The second kappa shape index (κ2) is 6.51. The van der Waals surface area contributed by atoms with Crippen LogP contribution in [0.4, 0.5) is 0 Å². The predicted octanol–water partition coefficient (Wildman–Crippen LogP) is 2.59. The van der Waals surface area contributed by atoms with Crippen LogP contribution >= 0.6 is 38.5 Å². The van der Waals surface area contributed by atoms with E-state index in [2.05, 4.69) is 43.8 Å². The van der Waals surface area contributed by atoms with Gasteiger partial charge in [0.15, 0.2) is 0 Å². The SMILES string of the molecule is COC1(CNC(=O)c2cc(Br)ccc2I)CCOC1. The number of hydrogen-bond acceptors (Lipinski definition) is 3. The van der Waals surface area contributed by atoms with Gasteiger partial charge in [-0.2, -0.15) is 0 Å². The zero-order chi connectivity index (χ0) is 13.9. The lowest BCUT2D eigenvalue weighted by Gasteiger charge is -2.26. The quantitative estimate of drug-likeness (QED) is 0.733. The molecule has 1 aliphatic heterocycles. The summed E-state index contributed by atoms with van der Waals surface area (Å²) in [4.78, 5) is 12.2. The molecule has 6 heteroatoms. The molecular formula is C13H15BrINO3. The van der Waals surface area contributed by atoms with Crippen LogP contribution in [-0.4, -0.2) is 38.4 Å². The maximum Gasteiger partial charge on any atom is 0.252 e. The lowest BCUT2D eigenvalue weighted by atomic mass is 10.0. The molecule has 0 aliphatic carbocycles. The van der Waals surface area contributed by atoms with E-state index in [4.69, 9.17) is 9.47 Å². The van der Waals surface area contributed by atoms with Crippen LogP contribution in [-0.2, 0) is 9.47 Å². The number of hydrogen-bond donors (Lipinski definition) is 1. The number of carbonyl (C=O) groups excluding carboxylic acids is 1. The molecule has 1 N–H and O–H groups in total. The van der Waals surface area contributed by atoms with Crippen LogP contribution in [0.3, 0.4) is 0 Å². The first-order chi connectivity index (χ1) is 9.06. The van der Waals surface area contributed by atoms with E-state index in [0.717, 1.165) is 14.5 Å². The predicted molar refractivity (Wildman–Crippen MR) is 84.4 cm³/mol. The summed E-state index contributed by atoms with van der Waals surface area (Å²) in [7, 11) is 1.66. The molecule has 0 radical (unpaired) electrons. The van der Waals surface area contributed by atoms with Crippen LogP contribution in [0.2, 0.25) is 0 Å². The van der Waals surface area contributed by atoms with Crippen molar-refractivity contribution in [3.63, 3.8) is 0 Å². The Hall–Kier alpha value is -0.180. The summed E-state index contributed by atoms with van der Waals surface area (Å²) in [5.74, 6) is -0.0889.